The summed E-state index contributed by atoms with van der Waals surface area (Å²) in [5.74, 6) is -0.214. The predicted octanol–water partition coefficient (Wildman–Crippen LogP) is -2.24. The van der Waals surface area contributed by atoms with Crippen LogP contribution in [0.4, 0.5) is 5.69 Å². The molecule has 0 bridgehead atoms. The molecule has 1 aromatic rings. The van der Waals surface area contributed by atoms with Gasteiger partial charge in [-0.2, -0.15) is 5.10 Å². The standard InChI is InChI=1S/C12H16N4O3.ClH/c1-16(2,3)9-12(17)14-13-8-10-5-4-6-11(7-10)15(18)19;/h4-8H,9H2,1-3H3;1H. The molecule has 1 N–H and O–H groups in total. The molecular formula is C12H17ClN4O3. The zero-order chi connectivity index (χ0) is 14.5. The van der Waals surface area contributed by atoms with Gasteiger partial charge in [-0.15, -0.1) is 0 Å². The Hall–Kier alpha value is -1.99. The number of hydrogen-bond donors (Lipinski definition) is 1. The zero-order valence-electron chi connectivity index (χ0n) is 11.5. The lowest BCUT2D eigenvalue weighted by atomic mass is 10.2. The van der Waals surface area contributed by atoms with Gasteiger partial charge in [-0.25, -0.2) is 5.43 Å². The fourth-order valence-electron chi connectivity index (χ4n) is 1.36. The smallest absolute Gasteiger partial charge is 0.295 e. The number of nitrogens with zero attached hydrogens (tertiary/aromatic N) is 3. The maximum Gasteiger partial charge on any atom is 0.295 e. The molecule has 0 unspecified atom stereocenters. The third kappa shape index (κ3) is 6.81. The van der Waals surface area contributed by atoms with Gasteiger partial charge in [0.25, 0.3) is 11.6 Å². The lowest BCUT2D eigenvalue weighted by molar-refractivity contribution is -0.862. The first kappa shape index (κ1) is 18.0. The van der Waals surface area contributed by atoms with Crippen LogP contribution < -0.4 is 17.8 Å². The van der Waals surface area contributed by atoms with Crippen LogP contribution in [0.2, 0.25) is 0 Å². The van der Waals surface area contributed by atoms with Crippen LogP contribution in [0.3, 0.4) is 0 Å². The molecular weight excluding hydrogens is 284 g/mol. The molecule has 0 aliphatic heterocycles. The number of benzene rings is 1. The summed E-state index contributed by atoms with van der Waals surface area (Å²) < 4.78 is 0.498. The van der Waals surface area contributed by atoms with Gasteiger partial charge in [-0.1, -0.05) is 12.1 Å². The maximum atomic E-state index is 11.5. The first-order valence-corrected chi connectivity index (χ1v) is 5.65. The first-order chi connectivity index (χ1) is 8.78. The predicted molar refractivity (Wildman–Crippen MR) is 71.7 cm³/mol. The Labute approximate surface area is 123 Å². The quantitative estimate of drug-likeness (QED) is 0.289. The van der Waals surface area contributed by atoms with Crippen molar-refractivity contribution in [3.8, 4) is 0 Å². The highest BCUT2D eigenvalue weighted by molar-refractivity contribution is 5.83. The highest BCUT2D eigenvalue weighted by atomic mass is 35.5. The van der Waals surface area contributed by atoms with Crippen LogP contribution in [0.25, 0.3) is 0 Å². The van der Waals surface area contributed by atoms with Crippen LogP contribution in [0.1, 0.15) is 5.56 Å². The van der Waals surface area contributed by atoms with Gasteiger partial charge in [0.15, 0.2) is 6.54 Å². The molecule has 0 aliphatic carbocycles. The van der Waals surface area contributed by atoms with Crippen molar-refractivity contribution in [3.05, 3.63) is 39.9 Å². The van der Waals surface area contributed by atoms with Gasteiger partial charge in [-0.05, 0) is 0 Å². The molecule has 0 fully saturated rings. The molecule has 0 spiro atoms. The van der Waals surface area contributed by atoms with Gasteiger partial charge >= 0.3 is 0 Å². The average molecular weight is 301 g/mol. The summed E-state index contributed by atoms with van der Waals surface area (Å²) in [4.78, 5) is 21.6. The Morgan fingerprint density at radius 1 is 1.45 bits per heavy atom. The normalized spacial score (nSPS) is 10.9. The molecule has 0 aromatic heterocycles. The number of carbonyl (C=O) groups excluding carboxylic acids is 1. The SMILES string of the molecule is C[N+](C)(C)CC(=O)NN=Cc1cccc([N+](=O)[O-])c1.[Cl-]. The number of amides is 1. The number of nitro benzene ring substituents is 1. The topological polar surface area (TPSA) is 84.6 Å². The number of quaternary nitrogens is 1. The van der Waals surface area contributed by atoms with Crippen molar-refractivity contribution in [2.45, 2.75) is 0 Å². The third-order valence-electron chi connectivity index (χ3n) is 2.10. The van der Waals surface area contributed by atoms with Crippen molar-refractivity contribution < 1.29 is 26.6 Å². The molecule has 0 atom stereocenters. The number of rotatable bonds is 5. The Balaban J connectivity index is 0.00000361. The van der Waals surface area contributed by atoms with E-state index in [4.69, 9.17) is 0 Å². The van der Waals surface area contributed by atoms with Crippen LogP contribution >= 0.6 is 0 Å². The largest absolute Gasteiger partial charge is 1.00 e. The second-order valence-electron chi connectivity index (χ2n) is 5.09. The minimum atomic E-state index is -0.479. The summed E-state index contributed by atoms with van der Waals surface area (Å²) in [5.41, 5.74) is 2.92. The number of likely N-dealkylation sites (N-methyl/N-ethyl adjacent to an activating group) is 1. The summed E-state index contributed by atoms with van der Waals surface area (Å²) in [7, 11) is 5.68. The van der Waals surface area contributed by atoms with E-state index in [1.165, 1.54) is 18.3 Å². The second-order valence-corrected chi connectivity index (χ2v) is 5.09. The molecule has 0 radical (unpaired) electrons. The van der Waals surface area contributed by atoms with E-state index in [0.29, 0.717) is 16.6 Å². The van der Waals surface area contributed by atoms with Crippen molar-refractivity contribution >= 4 is 17.8 Å². The van der Waals surface area contributed by atoms with Gasteiger partial charge in [0.05, 0.1) is 32.3 Å². The minimum Gasteiger partial charge on any atom is -1.00 e. The Morgan fingerprint density at radius 3 is 2.65 bits per heavy atom. The van der Waals surface area contributed by atoms with Gasteiger partial charge in [0, 0.05) is 17.7 Å². The number of nitrogens with one attached hydrogen (secondary N) is 1. The maximum absolute atomic E-state index is 11.5. The van der Waals surface area contributed by atoms with Gasteiger partial charge < -0.3 is 16.9 Å². The molecule has 110 valence electrons. The number of carbonyl (C=O) groups is 1. The van der Waals surface area contributed by atoms with Crippen LogP contribution in [0, 0.1) is 10.1 Å². The van der Waals surface area contributed by atoms with Crippen molar-refractivity contribution in [2.75, 3.05) is 27.7 Å². The highest BCUT2D eigenvalue weighted by Crippen LogP contribution is 2.11. The fourth-order valence-corrected chi connectivity index (χ4v) is 1.36. The van der Waals surface area contributed by atoms with Crippen LogP contribution in [-0.4, -0.2) is 49.2 Å². The molecule has 0 heterocycles. The fraction of sp³-hybridized carbons (Fsp3) is 0.333. The average Bonchev–Trinajstić information content (AvgIpc) is 2.27. The molecule has 8 heteroatoms. The number of nitro groups is 1. The lowest BCUT2D eigenvalue weighted by Crippen LogP contribution is -3.00. The molecule has 1 aromatic carbocycles. The number of hydrogen-bond acceptors (Lipinski definition) is 4. The van der Waals surface area contributed by atoms with Gasteiger partial charge in [0.2, 0.25) is 0 Å². The number of hydrazone groups is 1. The molecule has 0 saturated carbocycles. The van der Waals surface area contributed by atoms with E-state index < -0.39 is 4.92 Å². The number of halogens is 1. The van der Waals surface area contributed by atoms with Crippen LogP contribution in [0.5, 0.6) is 0 Å². The molecule has 1 amide bonds. The lowest BCUT2D eigenvalue weighted by Gasteiger charge is -2.21. The monoisotopic (exact) mass is 300 g/mol. The van der Waals surface area contributed by atoms with Crippen molar-refractivity contribution in [3.63, 3.8) is 0 Å². The van der Waals surface area contributed by atoms with Crippen molar-refractivity contribution in [1.82, 2.24) is 5.43 Å². The molecule has 7 nitrogen and oxygen atoms in total. The Bertz CT molecular complexity index is 512. The summed E-state index contributed by atoms with van der Waals surface area (Å²) >= 11 is 0. The van der Waals surface area contributed by atoms with E-state index >= 15 is 0 Å². The van der Waals surface area contributed by atoms with Crippen molar-refractivity contribution in [1.29, 1.82) is 0 Å². The highest BCUT2D eigenvalue weighted by Gasteiger charge is 2.13. The third-order valence-corrected chi connectivity index (χ3v) is 2.10. The molecule has 0 aliphatic rings. The summed E-state index contributed by atoms with van der Waals surface area (Å²) in [6.07, 6.45) is 1.38. The van der Waals surface area contributed by atoms with E-state index in [1.807, 2.05) is 21.1 Å². The van der Waals surface area contributed by atoms with Crippen LogP contribution in [0.15, 0.2) is 29.4 Å². The van der Waals surface area contributed by atoms with Gasteiger partial charge in [0.1, 0.15) is 0 Å². The Morgan fingerprint density at radius 2 is 2.10 bits per heavy atom. The van der Waals surface area contributed by atoms with E-state index in [2.05, 4.69) is 10.5 Å². The minimum absolute atomic E-state index is 0. The van der Waals surface area contributed by atoms with Crippen molar-refractivity contribution in [2.24, 2.45) is 5.10 Å². The first-order valence-electron chi connectivity index (χ1n) is 5.65. The summed E-state index contributed by atoms with van der Waals surface area (Å²) in [5, 5.41) is 14.4. The van der Waals surface area contributed by atoms with E-state index in [1.54, 1.807) is 12.1 Å². The van der Waals surface area contributed by atoms with E-state index in [-0.39, 0.29) is 24.0 Å². The molecule has 20 heavy (non-hydrogen) atoms. The second kappa shape index (κ2) is 7.56. The Kier molecular flexibility index (Phi) is 6.81. The number of non-ortho nitro benzene ring substituents is 1. The van der Waals surface area contributed by atoms with Gasteiger partial charge in [-0.3, -0.25) is 14.9 Å². The zero-order valence-corrected chi connectivity index (χ0v) is 12.3. The molecule has 0 saturated heterocycles. The molecule has 1 rings (SSSR count). The van der Waals surface area contributed by atoms with Crippen LogP contribution in [-0.2, 0) is 4.79 Å². The van der Waals surface area contributed by atoms with E-state index in [9.17, 15) is 14.9 Å². The van der Waals surface area contributed by atoms with E-state index in [0.717, 1.165) is 0 Å². The summed E-state index contributed by atoms with van der Waals surface area (Å²) in [6.45, 7) is 0.298. The summed E-state index contributed by atoms with van der Waals surface area (Å²) in [6, 6.07) is 6.01.